The lowest BCUT2D eigenvalue weighted by Crippen LogP contribution is -2.53. The van der Waals surface area contributed by atoms with Crippen LogP contribution in [0.4, 0.5) is 0 Å². The molecule has 1 fully saturated rings. The molecule has 1 saturated heterocycles. The second-order valence-corrected chi connectivity index (χ2v) is 6.66. The predicted octanol–water partition coefficient (Wildman–Crippen LogP) is -0.383. The summed E-state index contributed by atoms with van der Waals surface area (Å²) in [5.74, 6) is 0. The zero-order chi connectivity index (χ0) is 14.0. The minimum Gasteiger partial charge on any atom is -0.392 e. The van der Waals surface area contributed by atoms with Gasteiger partial charge in [-0.3, -0.25) is 5.10 Å². The number of nitrogens with zero attached hydrogens (tertiary/aromatic N) is 3. The fourth-order valence-corrected chi connectivity index (χ4v) is 3.91. The van der Waals surface area contributed by atoms with E-state index in [-0.39, 0.29) is 17.7 Å². The maximum absolute atomic E-state index is 12.5. The Morgan fingerprint density at radius 3 is 2.89 bits per heavy atom. The van der Waals surface area contributed by atoms with Gasteiger partial charge in [-0.1, -0.05) is 6.92 Å². The molecule has 7 nitrogen and oxygen atoms in total. The van der Waals surface area contributed by atoms with Crippen molar-refractivity contribution in [2.75, 3.05) is 26.7 Å². The standard InChI is InChI=1S/C11H20N4O3S/c1-3-10-7-15(5-4-14(10)2)19(17,18)11-9(8-16)6-12-13-11/h6,10,16H,3-5,7-8H2,1-2H3,(H,12,13). The van der Waals surface area contributed by atoms with Crippen LogP contribution < -0.4 is 0 Å². The lowest BCUT2D eigenvalue weighted by molar-refractivity contribution is 0.143. The number of hydrogen-bond acceptors (Lipinski definition) is 5. The second-order valence-electron chi connectivity index (χ2n) is 4.79. The van der Waals surface area contributed by atoms with Crippen molar-refractivity contribution in [1.29, 1.82) is 0 Å². The van der Waals surface area contributed by atoms with Crippen LogP contribution in [-0.2, 0) is 16.6 Å². The molecular formula is C11H20N4O3S. The van der Waals surface area contributed by atoms with Crippen LogP contribution in [0.15, 0.2) is 11.2 Å². The number of aromatic nitrogens is 2. The summed E-state index contributed by atoms with van der Waals surface area (Å²) in [6.07, 6.45) is 2.25. The third kappa shape index (κ3) is 2.66. The molecule has 1 unspecified atom stereocenters. The van der Waals surface area contributed by atoms with Crippen molar-refractivity contribution in [2.24, 2.45) is 0 Å². The van der Waals surface area contributed by atoms with Gasteiger partial charge in [0.15, 0.2) is 5.03 Å². The first kappa shape index (κ1) is 14.4. The van der Waals surface area contributed by atoms with Crippen molar-refractivity contribution in [1.82, 2.24) is 19.4 Å². The molecule has 0 bridgehead atoms. The quantitative estimate of drug-likeness (QED) is 0.788. The third-order valence-corrected chi connectivity index (χ3v) is 5.54. The van der Waals surface area contributed by atoms with Gasteiger partial charge < -0.3 is 10.0 Å². The van der Waals surface area contributed by atoms with Crippen LogP contribution in [-0.4, -0.2) is 65.7 Å². The maximum Gasteiger partial charge on any atom is 0.260 e. The summed E-state index contributed by atoms with van der Waals surface area (Å²) in [7, 11) is -1.59. The Balaban J connectivity index is 2.25. The van der Waals surface area contributed by atoms with Crippen LogP contribution in [0.1, 0.15) is 18.9 Å². The van der Waals surface area contributed by atoms with Gasteiger partial charge in [-0.15, -0.1) is 0 Å². The summed E-state index contributed by atoms with van der Waals surface area (Å²) >= 11 is 0. The number of rotatable bonds is 4. The largest absolute Gasteiger partial charge is 0.392 e. The topological polar surface area (TPSA) is 89.5 Å². The molecule has 0 aliphatic carbocycles. The van der Waals surface area contributed by atoms with Gasteiger partial charge in [-0.25, -0.2) is 8.42 Å². The highest BCUT2D eigenvalue weighted by Crippen LogP contribution is 2.21. The highest BCUT2D eigenvalue weighted by atomic mass is 32.2. The molecule has 1 atom stereocenters. The Hall–Kier alpha value is -0.960. The van der Waals surface area contributed by atoms with E-state index >= 15 is 0 Å². The highest BCUT2D eigenvalue weighted by Gasteiger charge is 2.34. The van der Waals surface area contributed by atoms with Crippen molar-refractivity contribution >= 4 is 10.0 Å². The molecule has 8 heteroatoms. The van der Waals surface area contributed by atoms with Crippen LogP contribution in [0.25, 0.3) is 0 Å². The van der Waals surface area contributed by atoms with Crippen molar-refractivity contribution in [2.45, 2.75) is 31.0 Å². The molecule has 19 heavy (non-hydrogen) atoms. The summed E-state index contributed by atoms with van der Waals surface area (Å²) in [5, 5.41) is 15.4. The zero-order valence-corrected chi connectivity index (χ0v) is 12.0. The molecule has 1 aromatic rings. The molecule has 1 aliphatic heterocycles. The van der Waals surface area contributed by atoms with Crippen molar-refractivity contribution in [3.05, 3.63) is 11.8 Å². The Bertz CT molecular complexity index is 528. The molecule has 108 valence electrons. The van der Waals surface area contributed by atoms with Crippen LogP contribution in [0.2, 0.25) is 0 Å². The van der Waals surface area contributed by atoms with E-state index < -0.39 is 10.0 Å². The molecule has 0 radical (unpaired) electrons. The first-order chi connectivity index (χ1) is 9.00. The average Bonchev–Trinajstić information content (AvgIpc) is 2.88. The van der Waals surface area contributed by atoms with Gasteiger partial charge in [0, 0.05) is 31.2 Å². The van der Waals surface area contributed by atoms with E-state index in [1.807, 2.05) is 14.0 Å². The maximum atomic E-state index is 12.5. The fourth-order valence-electron chi connectivity index (χ4n) is 2.34. The normalized spacial score (nSPS) is 22.8. The Kier molecular flexibility index (Phi) is 4.24. The fraction of sp³-hybridized carbons (Fsp3) is 0.727. The lowest BCUT2D eigenvalue weighted by Gasteiger charge is -2.38. The van der Waals surface area contributed by atoms with Crippen LogP contribution in [0.3, 0.4) is 0 Å². The Labute approximate surface area is 113 Å². The van der Waals surface area contributed by atoms with Crippen LogP contribution in [0, 0.1) is 0 Å². The number of piperazine rings is 1. The van der Waals surface area contributed by atoms with Gasteiger partial charge in [-0.05, 0) is 13.5 Å². The first-order valence-electron chi connectivity index (χ1n) is 6.34. The molecule has 0 amide bonds. The van der Waals surface area contributed by atoms with Crippen molar-refractivity contribution in [3.8, 4) is 0 Å². The summed E-state index contributed by atoms with van der Waals surface area (Å²) in [6.45, 7) is 3.35. The SMILES string of the molecule is CCC1CN(S(=O)(=O)c2[nH]ncc2CO)CCN1C. The first-order valence-corrected chi connectivity index (χ1v) is 7.78. The number of aliphatic hydroxyl groups excluding tert-OH is 1. The van der Waals surface area contributed by atoms with E-state index in [0.29, 0.717) is 25.2 Å². The average molecular weight is 288 g/mol. The summed E-state index contributed by atoms with van der Waals surface area (Å²) in [4.78, 5) is 2.17. The van der Waals surface area contributed by atoms with E-state index in [9.17, 15) is 8.42 Å². The minimum atomic E-state index is -3.60. The van der Waals surface area contributed by atoms with Crippen LogP contribution >= 0.6 is 0 Å². The highest BCUT2D eigenvalue weighted by molar-refractivity contribution is 7.89. The van der Waals surface area contributed by atoms with Crippen LogP contribution in [0.5, 0.6) is 0 Å². The van der Waals surface area contributed by atoms with E-state index in [1.165, 1.54) is 10.5 Å². The van der Waals surface area contributed by atoms with E-state index in [2.05, 4.69) is 15.1 Å². The number of likely N-dealkylation sites (N-methyl/N-ethyl adjacent to an activating group) is 1. The molecule has 0 aromatic carbocycles. The lowest BCUT2D eigenvalue weighted by atomic mass is 10.1. The Morgan fingerprint density at radius 1 is 1.53 bits per heavy atom. The molecule has 2 heterocycles. The van der Waals surface area contributed by atoms with Gasteiger partial charge in [0.25, 0.3) is 10.0 Å². The van der Waals surface area contributed by atoms with Gasteiger partial charge in [-0.2, -0.15) is 9.40 Å². The number of H-pyrrole nitrogens is 1. The van der Waals surface area contributed by atoms with Crippen molar-refractivity contribution in [3.63, 3.8) is 0 Å². The van der Waals surface area contributed by atoms with Crippen molar-refractivity contribution < 1.29 is 13.5 Å². The molecule has 2 rings (SSSR count). The molecular weight excluding hydrogens is 268 g/mol. The second kappa shape index (κ2) is 5.58. The zero-order valence-electron chi connectivity index (χ0n) is 11.2. The van der Waals surface area contributed by atoms with Gasteiger partial charge in [0.05, 0.1) is 12.8 Å². The molecule has 1 aliphatic rings. The monoisotopic (exact) mass is 288 g/mol. The number of nitrogens with one attached hydrogen (secondary N) is 1. The van der Waals surface area contributed by atoms with Gasteiger partial charge in [0.2, 0.25) is 0 Å². The Morgan fingerprint density at radius 2 is 2.26 bits per heavy atom. The third-order valence-electron chi connectivity index (χ3n) is 3.66. The molecule has 1 aromatic heterocycles. The predicted molar refractivity (Wildman–Crippen MR) is 70.0 cm³/mol. The number of aliphatic hydroxyl groups is 1. The number of hydrogen-bond donors (Lipinski definition) is 2. The smallest absolute Gasteiger partial charge is 0.260 e. The summed E-state index contributed by atoms with van der Waals surface area (Å²) < 4.78 is 26.5. The summed E-state index contributed by atoms with van der Waals surface area (Å²) in [6, 6.07) is 0.226. The molecule has 0 spiro atoms. The number of sulfonamides is 1. The molecule has 0 saturated carbocycles. The number of aromatic amines is 1. The van der Waals surface area contributed by atoms with E-state index in [1.54, 1.807) is 0 Å². The van der Waals surface area contributed by atoms with E-state index in [0.717, 1.165) is 6.42 Å². The van der Waals surface area contributed by atoms with Gasteiger partial charge >= 0.3 is 0 Å². The summed E-state index contributed by atoms with van der Waals surface area (Å²) in [5.41, 5.74) is 0.312. The molecule has 2 N–H and O–H groups in total. The van der Waals surface area contributed by atoms with E-state index in [4.69, 9.17) is 5.11 Å². The minimum absolute atomic E-state index is 0.00871. The van der Waals surface area contributed by atoms with Gasteiger partial charge in [0.1, 0.15) is 0 Å².